The normalized spacial score (nSPS) is 18.8. The smallest absolute Gasteiger partial charge is 0.351 e. The number of nitrogens with one attached hydrogen (secondary N) is 2. The maximum absolute atomic E-state index is 13.9. The number of para-hydroxylation sites is 3. The molecule has 7 rings (SSSR count). The molecule has 10 nitrogen and oxygen atoms in total. The van der Waals surface area contributed by atoms with Crippen LogP contribution in [0.4, 0.5) is 41.6 Å². The third-order valence-electron chi connectivity index (χ3n) is 10.9. The molecule has 3 aliphatic heterocycles. The van der Waals surface area contributed by atoms with Crippen molar-refractivity contribution in [3.05, 3.63) is 94.8 Å². The van der Waals surface area contributed by atoms with Gasteiger partial charge in [-0.3, -0.25) is 0 Å². The van der Waals surface area contributed by atoms with Crippen molar-refractivity contribution in [1.29, 1.82) is 0 Å². The first kappa shape index (κ1) is 38.4. The summed E-state index contributed by atoms with van der Waals surface area (Å²) in [6.07, 6.45) is -7.95. The average molecular weight is 772 g/mol. The van der Waals surface area contributed by atoms with Gasteiger partial charge in [-0.25, -0.2) is 14.6 Å². The number of rotatable bonds is 8. The van der Waals surface area contributed by atoms with Gasteiger partial charge >= 0.3 is 24.5 Å². The highest BCUT2D eigenvalue weighted by atomic mass is 19.4. The van der Waals surface area contributed by atoms with Gasteiger partial charge in [-0.05, 0) is 106 Å². The Kier molecular flexibility index (Phi) is 11.0. The third-order valence-corrected chi connectivity index (χ3v) is 10.9. The van der Waals surface area contributed by atoms with Crippen LogP contribution in [0.2, 0.25) is 0 Å². The minimum Gasteiger partial charge on any atom is -0.351 e. The van der Waals surface area contributed by atoms with E-state index in [-0.39, 0.29) is 29.6 Å². The highest BCUT2D eigenvalue weighted by Gasteiger charge is 2.38. The molecule has 294 valence electrons. The molecule has 3 aromatic carbocycles. The summed E-state index contributed by atoms with van der Waals surface area (Å²) in [5.41, 5.74) is -0.0185. The van der Waals surface area contributed by atoms with Crippen molar-refractivity contribution in [2.75, 3.05) is 45.1 Å². The lowest BCUT2D eigenvalue weighted by Crippen LogP contribution is -2.49. The first-order valence-corrected chi connectivity index (χ1v) is 18.5. The Morgan fingerprint density at radius 3 is 2.24 bits per heavy atom. The van der Waals surface area contributed by atoms with Crippen molar-refractivity contribution < 1.29 is 40.8 Å². The van der Waals surface area contributed by atoms with E-state index in [1.54, 1.807) is 17.0 Å². The van der Waals surface area contributed by atoms with E-state index in [0.29, 0.717) is 68.9 Å². The van der Waals surface area contributed by atoms with E-state index < -0.39 is 42.0 Å². The molecule has 0 bridgehead atoms. The second-order valence-corrected chi connectivity index (χ2v) is 14.7. The van der Waals surface area contributed by atoms with Crippen LogP contribution in [0, 0.1) is 5.92 Å². The van der Waals surface area contributed by atoms with Gasteiger partial charge < -0.3 is 29.8 Å². The van der Waals surface area contributed by atoms with Crippen LogP contribution in [0.15, 0.2) is 66.7 Å². The van der Waals surface area contributed by atoms with E-state index in [4.69, 9.17) is 9.82 Å². The minimum absolute atomic E-state index is 0.0905. The van der Waals surface area contributed by atoms with Crippen molar-refractivity contribution in [3.63, 3.8) is 0 Å². The quantitative estimate of drug-likeness (QED) is 0.177. The Morgan fingerprint density at radius 2 is 1.55 bits per heavy atom. The molecule has 1 unspecified atom stereocenters. The topological polar surface area (TPSA) is 95.0 Å². The van der Waals surface area contributed by atoms with Gasteiger partial charge in [-0.2, -0.15) is 26.3 Å². The summed E-state index contributed by atoms with van der Waals surface area (Å²) in [4.78, 5) is 41.3. The van der Waals surface area contributed by atoms with E-state index in [1.165, 1.54) is 5.06 Å². The summed E-state index contributed by atoms with van der Waals surface area (Å²) in [7, 11) is 2.04. The number of hydrogen-bond acceptors (Lipinski definition) is 6. The van der Waals surface area contributed by atoms with Gasteiger partial charge in [0.25, 0.3) is 0 Å². The Bertz CT molecular complexity index is 1970. The second-order valence-electron chi connectivity index (χ2n) is 14.7. The molecule has 55 heavy (non-hydrogen) atoms. The van der Waals surface area contributed by atoms with Crippen molar-refractivity contribution in [2.45, 2.75) is 69.5 Å². The number of fused-ring (bicyclic) bond motifs is 2. The minimum atomic E-state index is -5.04. The highest BCUT2D eigenvalue weighted by molar-refractivity contribution is 5.91. The number of likely N-dealkylation sites (tertiary alicyclic amines) is 1. The fourth-order valence-electron chi connectivity index (χ4n) is 7.90. The van der Waals surface area contributed by atoms with Gasteiger partial charge in [-0.1, -0.05) is 30.3 Å². The van der Waals surface area contributed by atoms with E-state index in [1.807, 2.05) is 48.0 Å². The number of benzene rings is 3. The molecule has 0 aliphatic carbocycles. The predicted molar refractivity (Wildman–Crippen MR) is 193 cm³/mol. The molecule has 3 amide bonds. The monoisotopic (exact) mass is 771 g/mol. The largest absolute Gasteiger partial charge is 0.426 e. The van der Waals surface area contributed by atoms with Gasteiger partial charge in [0.05, 0.1) is 28.2 Å². The summed E-state index contributed by atoms with van der Waals surface area (Å²) in [5.74, 6) is 0.530. The van der Waals surface area contributed by atoms with Crippen molar-refractivity contribution in [1.82, 2.24) is 29.7 Å². The van der Waals surface area contributed by atoms with E-state index in [0.717, 1.165) is 42.7 Å². The van der Waals surface area contributed by atoms with Gasteiger partial charge in [0.15, 0.2) is 0 Å². The molecule has 2 N–H and O–H groups in total. The second kappa shape index (κ2) is 15.7. The molecule has 0 saturated carbocycles. The molecule has 4 aromatic rings. The number of carbonyl (C=O) groups is 2. The maximum Gasteiger partial charge on any atom is 0.426 e. The van der Waals surface area contributed by atoms with Gasteiger partial charge in [0.1, 0.15) is 5.82 Å². The number of aromatic nitrogens is 2. The Balaban J connectivity index is 1.12. The highest BCUT2D eigenvalue weighted by Crippen LogP contribution is 2.38. The zero-order valence-electron chi connectivity index (χ0n) is 30.3. The number of carbonyl (C=O) groups excluding carboxylic acids is 2. The average Bonchev–Trinajstić information content (AvgIpc) is 3.41. The van der Waals surface area contributed by atoms with Crippen LogP contribution >= 0.6 is 0 Å². The number of halogens is 6. The first-order chi connectivity index (χ1) is 26.2. The van der Waals surface area contributed by atoms with E-state index in [2.05, 4.69) is 15.5 Å². The zero-order chi connectivity index (χ0) is 38.9. The summed E-state index contributed by atoms with van der Waals surface area (Å²) in [6, 6.07) is 14.9. The number of piperidine rings is 2. The number of nitrogens with zero attached hydrogens (tertiary/aromatic N) is 5. The number of imidazole rings is 1. The Hall–Kier alpha value is -4.83. The standard InChI is InChI=1S/C39H43F6N7O3/c1-49-15-10-25(11-16-49)24-52-34-9-5-4-8-32(34)46-35(52)33(22-26-20-28(38(40,41)42)23-29(21-26)39(43,44)45)48-37(54)55-50-17-13-30(14-18-50)51-19-12-27-6-2-3-7-31(27)47-36(51)53/h2-9,20-21,23,25,30,33H,10-19,22,24H2,1H3,(H,47,53)(H,48,54). The zero-order valence-corrected chi connectivity index (χ0v) is 30.3. The molecular formula is C39H43F6N7O3. The maximum atomic E-state index is 13.9. The molecule has 2 saturated heterocycles. The number of urea groups is 1. The molecule has 4 heterocycles. The molecule has 16 heteroatoms. The van der Waals surface area contributed by atoms with Crippen LogP contribution in [0.25, 0.3) is 11.0 Å². The molecular weight excluding hydrogens is 728 g/mol. The van der Waals surface area contributed by atoms with Crippen LogP contribution in [0.1, 0.15) is 59.8 Å². The summed E-state index contributed by atoms with van der Waals surface area (Å²) < 4.78 is 85.3. The number of amides is 3. The Morgan fingerprint density at radius 1 is 0.891 bits per heavy atom. The molecule has 1 atom stereocenters. The lowest BCUT2D eigenvalue weighted by molar-refractivity contribution is -0.143. The van der Waals surface area contributed by atoms with E-state index in [9.17, 15) is 35.9 Å². The number of hydroxylamine groups is 2. The fraction of sp³-hybridized carbons (Fsp3) is 0.462. The van der Waals surface area contributed by atoms with Crippen LogP contribution in [0.5, 0.6) is 0 Å². The third kappa shape index (κ3) is 9.01. The predicted octanol–water partition coefficient (Wildman–Crippen LogP) is 7.90. The molecule has 0 radical (unpaired) electrons. The van der Waals surface area contributed by atoms with Crippen molar-refractivity contribution in [3.8, 4) is 0 Å². The van der Waals surface area contributed by atoms with Gasteiger partial charge in [0, 0.05) is 44.3 Å². The molecule has 1 aromatic heterocycles. The van der Waals surface area contributed by atoms with Gasteiger partial charge in [0.2, 0.25) is 0 Å². The first-order valence-electron chi connectivity index (χ1n) is 18.5. The van der Waals surface area contributed by atoms with Crippen LogP contribution in [-0.2, 0) is 36.6 Å². The molecule has 2 fully saturated rings. The van der Waals surface area contributed by atoms with Gasteiger partial charge in [-0.15, -0.1) is 5.06 Å². The molecule has 3 aliphatic rings. The fourth-order valence-corrected chi connectivity index (χ4v) is 7.90. The number of alkyl halides is 6. The van der Waals surface area contributed by atoms with Crippen molar-refractivity contribution >= 4 is 28.8 Å². The lowest BCUT2D eigenvalue weighted by atomic mass is 9.96. The van der Waals surface area contributed by atoms with Crippen LogP contribution in [-0.4, -0.2) is 82.4 Å². The summed E-state index contributed by atoms with van der Waals surface area (Å²) in [6.45, 7) is 3.37. The number of hydrogen-bond donors (Lipinski definition) is 2. The summed E-state index contributed by atoms with van der Waals surface area (Å²) >= 11 is 0. The van der Waals surface area contributed by atoms with Crippen LogP contribution < -0.4 is 10.6 Å². The van der Waals surface area contributed by atoms with E-state index >= 15 is 0 Å². The lowest BCUT2D eigenvalue weighted by Gasteiger charge is -2.37. The number of anilines is 1. The molecule has 0 spiro atoms. The summed E-state index contributed by atoms with van der Waals surface area (Å²) in [5, 5.41) is 7.20. The van der Waals surface area contributed by atoms with Crippen molar-refractivity contribution in [2.24, 2.45) is 5.92 Å². The van der Waals surface area contributed by atoms with Crippen LogP contribution in [0.3, 0.4) is 0 Å². The SMILES string of the molecule is CN1CCC(Cn2c(C(Cc3cc(C(F)(F)F)cc(C(F)(F)F)c3)NC(=O)ON3CCC(N4CCc5ccccc5NC4=O)CC3)nc3ccccc32)CC1. The Labute approximate surface area is 314 Å².